The van der Waals surface area contributed by atoms with Gasteiger partial charge < -0.3 is 9.88 Å². The van der Waals surface area contributed by atoms with Crippen LogP contribution in [-0.4, -0.2) is 35.8 Å². The number of carbonyl (C=O) groups excluding carboxylic acids is 1. The van der Waals surface area contributed by atoms with Crippen LogP contribution in [0.15, 0.2) is 53.7 Å². The van der Waals surface area contributed by atoms with E-state index >= 15 is 0 Å². The van der Waals surface area contributed by atoms with Crippen molar-refractivity contribution in [3.05, 3.63) is 58.6 Å². The molecular formula is C22H22N6O3S. The maximum absolute atomic E-state index is 12.8. The number of non-ortho nitro benzene ring substituents is 1. The molecule has 1 atom stereocenters. The van der Waals surface area contributed by atoms with Crippen molar-refractivity contribution in [2.45, 2.75) is 43.6 Å². The topological polar surface area (TPSA) is 116 Å². The van der Waals surface area contributed by atoms with E-state index in [1.54, 1.807) is 0 Å². The number of nitro groups is 1. The number of thioether (sulfide) groups is 1. The molecule has 1 amide bonds. The van der Waals surface area contributed by atoms with Crippen molar-refractivity contribution in [3.8, 4) is 0 Å². The summed E-state index contributed by atoms with van der Waals surface area (Å²) < 4.78 is 2.14. The highest BCUT2D eigenvalue weighted by Gasteiger charge is 2.22. The minimum absolute atomic E-state index is 0.0281. The van der Waals surface area contributed by atoms with Crippen LogP contribution in [0, 0.1) is 10.1 Å². The van der Waals surface area contributed by atoms with Crippen LogP contribution in [0.1, 0.15) is 26.7 Å². The smallest absolute Gasteiger partial charge is 0.269 e. The van der Waals surface area contributed by atoms with E-state index in [0.29, 0.717) is 17.3 Å². The van der Waals surface area contributed by atoms with Gasteiger partial charge in [-0.15, -0.1) is 10.2 Å². The third-order valence-corrected chi connectivity index (χ3v) is 6.27. The summed E-state index contributed by atoms with van der Waals surface area (Å²) in [6, 6.07) is 13.8. The van der Waals surface area contributed by atoms with Crippen LogP contribution in [0.5, 0.6) is 0 Å². The zero-order valence-electron chi connectivity index (χ0n) is 17.7. The molecular weight excluding hydrogens is 428 g/mol. The summed E-state index contributed by atoms with van der Waals surface area (Å²) in [5.74, 6) is -0.218. The van der Waals surface area contributed by atoms with E-state index in [0.717, 1.165) is 35.0 Å². The Morgan fingerprint density at radius 3 is 2.59 bits per heavy atom. The van der Waals surface area contributed by atoms with Gasteiger partial charge in [-0.1, -0.05) is 43.8 Å². The highest BCUT2D eigenvalue weighted by atomic mass is 32.2. The molecule has 164 valence electrons. The zero-order chi connectivity index (χ0) is 22.7. The summed E-state index contributed by atoms with van der Waals surface area (Å²) in [6.07, 6.45) is 1.51. The first-order chi connectivity index (χ1) is 15.5. The SMILES string of the molecule is CCCn1c2ccccc2c2nnc(SC(CC)C(=O)Nc3ccc([N+](=O)[O-])cc3)nc21. The quantitative estimate of drug-likeness (QED) is 0.233. The molecule has 0 aliphatic heterocycles. The molecule has 0 saturated carbocycles. The molecule has 1 N–H and O–H groups in total. The van der Waals surface area contributed by atoms with Crippen molar-refractivity contribution in [1.82, 2.24) is 19.7 Å². The van der Waals surface area contributed by atoms with E-state index in [1.807, 2.05) is 31.2 Å². The Morgan fingerprint density at radius 2 is 1.91 bits per heavy atom. The van der Waals surface area contributed by atoms with E-state index in [2.05, 4.69) is 27.0 Å². The summed E-state index contributed by atoms with van der Waals surface area (Å²) in [5.41, 5.74) is 3.05. The van der Waals surface area contributed by atoms with Crippen molar-refractivity contribution in [3.63, 3.8) is 0 Å². The average molecular weight is 451 g/mol. The molecule has 10 heteroatoms. The number of rotatable bonds is 8. The van der Waals surface area contributed by atoms with Gasteiger partial charge in [0.05, 0.1) is 15.7 Å². The minimum Gasteiger partial charge on any atom is -0.325 e. The van der Waals surface area contributed by atoms with E-state index in [9.17, 15) is 14.9 Å². The highest BCUT2D eigenvalue weighted by Crippen LogP contribution is 2.29. The number of para-hydroxylation sites is 1. The number of nitrogens with zero attached hydrogens (tertiary/aromatic N) is 5. The van der Waals surface area contributed by atoms with E-state index in [4.69, 9.17) is 4.98 Å². The van der Waals surface area contributed by atoms with Gasteiger partial charge in [0, 0.05) is 29.8 Å². The summed E-state index contributed by atoms with van der Waals surface area (Å²) >= 11 is 1.26. The molecule has 9 nitrogen and oxygen atoms in total. The lowest BCUT2D eigenvalue weighted by molar-refractivity contribution is -0.384. The predicted molar refractivity (Wildman–Crippen MR) is 125 cm³/mol. The first-order valence-corrected chi connectivity index (χ1v) is 11.2. The minimum atomic E-state index is -0.478. The molecule has 0 radical (unpaired) electrons. The van der Waals surface area contributed by atoms with Gasteiger partial charge in [0.25, 0.3) is 5.69 Å². The van der Waals surface area contributed by atoms with E-state index < -0.39 is 10.2 Å². The molecule has 2 heterocycles. The third-order valence-electron chi connectivity index (χ3n) is 5.06. The monoisotopic (exact) mass is 450 g/mol. The molecule has 4 rings (SSSR count). The van der Waals surface area contributed by atoms with Gasteiger partial charge in [0.2, 0.25) is 11.1 Å². The number of aromatic nitrogens is 4. The molecule has 2 aromatic heterocycles. The summed E-state index contributed by atoms with van der Waals surface area (Å²) in [6.45, 7) is 4.83. The van der Waals surface area contributed by atoms with Crippen LogP contribution in [-0.2, 0) is 11.3 Å². The Kier molecular flexibility index (Phi) is 6.31. The maximum Gasteiger partial charge on any atom is 0.269 e. The van der Waals surface area contributed by atoms with Crippen LogP contribution < -0.4 is 5.32 Å². The zero-order valence-corrected chi connectivity index (χ0v) is 18.5. The molecule has 32 heavy (non-hydrogen) atoms. The second-order valence-corrected chi connectivity index (χ2v) is 8.41. The average Bonchev–Trinajstić information content (AvgIpc) is 3.11. The van der Waals surface area contributed by atoms with Crippen LogP contribution in [0.4, 0.5) is 11.4 Å². The van der Waals surface area contributed by atoms with Crippen LogP contribution >= 0.6 is 11.8 Å². The van der Waals surface area contributed by atoms with Crippen LogP contribution in [0.2, 0.25) is 0 Å². The number of aryl methyl sites for hydroxylation is 1. The Morgan fingerprint density at radius 1 is 1.16 bits per heavy atom. The van der Waals surface area contributed by atoms with Crippen molar-refractivity contribution >= 4 is 51.1 Å². The Balaban J connectivity index is 1.58. The number of anilines is 1. The molecule has 0 saturated heterocycles. The number of carbonyl (C=O) groups is 1. The maximum atomic E-state index is 12.8. The number of nitro benzene ring substituents is 1. The first kappa shape index (κ1) is 21.7. The molecule has 0 spiro atoms. The Labute approximate surface area is 188 Å². The Hall–Kier alpha value is -3.53. The van der Waals surface area contributed by atoms with Crippen molar-refractivity contribution < 1.29 is 9.72 Å². The van der Waals surface area contributed by atoms with Gasteiger partial charge >= 0.3 is 0 Å². The second-order valence-electron chi connectivity index (χ2n) is 7.24. The van der Waals surface area contributed by atoms with Crippen molar-refractivity contribution in [1.29, 1.82) is 0 Å². The lowest BCUT2D eigenvalue weighted by Crippen LogP contribution is -2.24. The third kappa shape index (κ3) is 4.26. The second kappa shape index (κ2) is 9.31. The predicted octanol–water partition coefficient (Wildman–Crippen LogP) is 4.81. The molecule has 0 aliphatic carbocycles. The van der Waals surface area contributed by atoms with Gasteiger partial charge in [-0.2, -0.15) is 0 Å². The number of amides is 1. The lowest BCUT2D eigenvalue weighted by atomic mass is 10.2. The van der Waals surface area contributed by atoms with Crippen molar-refractivity contribution in [2.75, 3.05) is 5.32 Å². The molecule has 0 bridgehead atoms. The van der Waals surface area contributed by atoms with Gasteiger partial charge in [0.1, 0.15) is 5.52 Å². The van der Waals surface area contributed by atoms with E-state index in [1.165, 1.54) is 36.0 Å². The number of nitrogens with one attached hydrogen (secondary N) is 1. The molecule has 2 aromatic carbocycles. The normalized spacial score (nSPS) is 12.2. The Bertz CT molecular complexity index is 1290. The van der Waals surface area contributed by atoms with Gasteiger partial charge in [-0.25, -0.2) is 4.98 Å². The highest BCUT2D eigenvalue weighted by molar-refractivity contribution is 8.00. The van der Waals surface area contributed by atoms with Crippen LogP contribution in [0.3, 0.4) is 0 Å². The molecule has 4 aromatic rings. The van der Waals surface area contributed by atoms with Crippen LogP contribution in [0.25, 0.3) is 22.1 Å². The van der Waals surface area contributed by atoms with Gasteiger partial charge in [-0.05, 0) is 31.0 Å². The molecule has 1 unspecified atom stereocenters. The molecule has 0 fully saturated rings. The fourth-order valence-corrected chi connectivity index (χ4v) is 4.34. The number of hydrogen-bond donors (Lipinski definition) is 1. The number of fused-ring (bicyclic) bond motifs is 3. The number of benzene rings is 2. The first-order valence-electron chi connectivity index (χ1n) is 10.4. The summed E-state index contributed by atoms with van der Waals surface area (Å²) in [4.78, 5) is 27.9. The largest absolute Gasteiger partial charge is 0.325 e. The lowest BCUT2D eigenvalue weighted by Gasteiger charge is -2.13. The fraction of sp³-hybridized carbons (Fsp3) is 0.273. The van der Waals surface area contributed by atoms with Gasteiger partial charge in [-0.3, -0.25) is 14.9 Å². The number of hydrogen-bond acceptors (Lipinski definition) is 7. The van der Waals surface area contributed by atoms with Crippen molar-refractivity contribution in [2.24, 2.45) is 0 Å². The van der Waals surface area contributed by atoms with Gasteiger partial charge in [0.15, 0.2) is 5.65 Å². The fourth-order valence-electron chi connectivity index (χ4n) is 3.53. The van der Waals surface area contributed by atoms with E-state index in [-0.39, 0.29) is 11.6 Å². The summed E-state index contributed by atoms with van der Waals surface area (Å²) in [7, 11) is 0. The standard InChI is InChI=1S/C22H22N6O3S/c1-3-13-27-17-8-6-5-7-16(17)19-20(27)24-22(26-25-19)32-18(4-2)21(29)23-14-9-11-15(12-10-14)28(30)31/h5-12,18H,3-4,13H2,1-2H3,(H,23,29). The molecule has 0 aliphatic rings. The summed E-state index contributed by atoms with van der Waals surface area (Å²) in [5, 5.41) is 23.3.